The van der Waals surface area contributed by atoms with Gasteiger partial charge < -0.3 is 5.84 Å². The number of nitrogens with two attached hydrogens (primary N) is 1. The Labute approximate surface area is 332 Å². The fourth-order valence-corrected chi connectivity index (χ4v) is 1.06. The predicted octanol–water partition coefficient (Wildman–Crippen LogP) is 10.9. The van der Waals surface area contributed by atoms with Crippen LogP contribution in [-0.4, -0.2) is 0 Å². The second kappa shape index (κ2) is 49.4. The highest BCUT2D eigenvalue weighted by Gasteiger charge is 1.76. The van der Waals surface area contributed by atoms with Crippen LogP contribution >= 0.6 is 0 Å². The summed E-state index contributed by atoms with van der Waals surface area (Å²) in [6, 6.07) is 0. The van der Waals surface area contributed by atoms with Crippen LogP contribution in [0.1, 0.15) is 0 Å². The maximum absolute atomic E-state index is 6.26. The van der Waals surface area contributed by atoms with Crippen LogP contribution in [0.5, 0.6) is 0 Å². The molecule has 0 amide bonds. The molecule has 0 heterocycles. The van der Waals surface area contributed by atoms with Gasteiger partial charge in [-0.3, -0.25) is 0 Å². The Bertz CT molecular complexity index is 1990. The van der Waals surface area contributed by atoms with Crippen LogP contribution in [0, 0.1) is 5.52 Å². The molecule has 0 fully saturated rings. The largest absolute Gasteiger partial charge is 0.303 e. The quantitative estimate of drug-likeness (QED) is 0.0396. The molecular weight excluding hydrogens is 882 g/mol. The van der Waals surface area contributed by atoms with E-state index in [4.69, 9.17) is 1.41 Å². The van der Waals surface area contributed by atoms with Gasteiger partial charge in [0.05, 0.1) is 0 Å². The second-order valence-corrected chi connectivity index (χ2v) is 5.48. The summed E-state index contributed by atoms with van der Waals surface area (Å²) in [4.78, 5) is 0. The van der Waals surface area contributed by atoms with Crippen molar-refractivity contribution < 1.29 is 1.41 Å². The van der Waals surface area contributed by atoms with Gasteiger partial charge in [-0.2, -0.15) is 5.52 Å². The molecule has 318 valence electrons. The molecule has 0 unspecified atom stereocenters. The molecule has 0 saturated carbocycles. The highest BCUT2D eigenvalue weighted by atomic mass is 15.8. The summed E-state index contributed by atoms with van der Waals surface area (Å²) < 4.78 is 6.26. The molecule has 63 heavy (non-hydrogen) atoms. The molecule has 0 aromatic rings. The molecule has 0 aliphatic carbocycles. The van der Waals surface area contributed by atoms with Gasteiger partial charge >= 0.3 is 0 Å². The third-order valence-corrected chi connectivity index (χ3v) is 2.41. The van der Waals surface area contributed by atoms with Gasteiger partial charge in [0.25, 0.3) is 0 Å². The van der Waals surface area contributed by atoms with Crippen molar-refractivity contribution in [2.75, 3.05) is 0 Å². The summed E-state index contributed by atoms with van der Waals surface area (Å²) in [5.41, 5.74) is 2.50. The molecule has 63 heteroatoms. The first-order valence-corrected chi connectivity index (χ1v) is 12.5. The van der Waals surface area contributed by atoms with Crippen molar-refractivity contribution >= 4 is 0 Å². The lowest BCUT2D eigenvalue weighted by atomic mass is 12.3. The van der Waals surface area contributed by atoms with Gasteiger partial charge in [-0.05, 0) is 78.3 Å². The molecule has 0 spiro atoms. The summed E-state index contributed by atoms with van der Waals surface area (Å²) in [6.45, 7) is 0. The Morgan fingerprint density at radius 3 is 0.349 bits per heavy atom. The number of nitrogens with zero attached hydrogens (tertiary/aromatic N) is 61. The smallest absolute Gasteiger partial charge is 0.216 e. The van der Waals surface area contributed by atoms with E-state index in [1.165, 1.54) is 0 Å². The molecule has 63 nitrogen and oxygen atoms in total. The van der Waals surface area contributed by atoms with Crippen LogP contribution in [0.25, 0.3) is 0 Å². The van der Waals surface area contributed by atoms with Gasteiger partial charge in [-0.15, -0.1) is 0 Å². The lowest BCUT2D eigenvalue weighted by Gasteiger charge is -1.70. The van der Waals surface area contributed by atoms with Gasteiger partial charge in [0.2, 0.25) is 1.41 Å². The number of hydrogen-bond donors (Lipinski definition) is 2. The van der Waals surface area contributed by atoms with E-state index < -0.39 is 0 Å². The van der Waals surface area contributed by atoms with Gasteiger partial charge in [0.1, 0.15) is 0 Å². The summed E-state index contributed by atoms with van der Waals surface area (Å²) in [5, 5.41) is 182. The van der Waals surface area contributed by atoms with Crippen molar-refractivity contribution in [2.45, 2.75) is 0 Å². The van der Waals surface area contributed by atoms with Crippen LogP contribution in [0.2, 0.25) is 1.41 Å². The van der Waals surface area contributed by atoms with Crippen LogP contribution in [0.3, 0.4) is 0 Å². The van der Waals surface area contributed by atoms with Crippen molar-refractivity contribution in [3.63, 3.8) is 0 Å². The third-order valence-electron chi connectivity index (χ3n) is 2.41. The number of nitrogens with one attached hydrogen (secondary N) is 1. The summed E-state index contributed by atoms with van der Waals surface area (Å²) >= 11 is 0. The Kier molecular flexibility index (Phi) is 38.0. The molecule has 0 atom stereocenters. The summed E-state index contributed by atoms with van der Waals surface area (Å²) in [7, 11) is 0. The van der Waals surface area contributed by atoms with Crippen molar-refractivity contribution in [3.8, 4) is 0 Å². The minimum Gasteiger partial charge on any atom is -0.303 e. The summed E-state index contributed by atoms with van der Waals surface area (Å²) in [5.74, 6) is 4.63. The average molecular weight is 886 g/mol. The first-order chi connectivity index (χ1) is 31.9. The van der Waals surface area contributed by atoms with Crippen molar-refractivity contribution in [1.82, 2.24) is 0 Å². The molecule has 3 N–H and O–H groups in total. The topological polar surface area (TPSA) is 804 Å². The molecule has 0 aliphatic rings. The van der Waals surface area contributed by atoms with E-state index >= 15 is 0 Å². The zero-order valence-corrected chi connectivity index (χ0v) is 28.3. The highest BCUT2D eigenvalue weighted by Crippen LogP contribution is 1.94. The molecule has 0 rings (SSSR count). The lowest BCUT2D eigenvalue weighted by molar-refractivity contribution is 0.724. The number of rotatable bonds is 30. The maximum atomic E-state index is 6.26. The molecule has 0 aliphatic heterocycles. The van der Waals surface area contributed by atoms with Crippen LogP contribution < -0.4 is 5.84 Å². The normalized spacial score (nSPS) is 15.8. The molecular formula is H3N63. The molecule has 0 saturated heterocycles. The van der Waals surface area contributed by atoms with Crippen LogP contribution in [0.4, 0.5) is 0 Å². The Hall–Kier alpha value is -12.6. The third kappa shape index (κ3) is 49.4. The monoisotopic (exact) mass is 886 g/mol. The van der Waals surface area contributed by atoms with E-state index in [2.05, 4.69) is 330 Å². The zero-order valence-electron chi connectivity index (χ0n) is 29.3. The zero-order chi connectivity index (χ0) is 45.8. The second-order valence-electron chi connectivity index (χ2n) is 5.48. The van der Waals surface area contributed by atoms with Crippen LogP contribution in [0.15, 0.2) is 319 Å². The first kappa shape index (κ1) is 48.4. The summed E-state index contributed by atoms with van der Waals surface area (Å²) in [6.07, 6.45) is 0. The minimum atomic E-state index is 2.50. The Morgan fingerprint density at radius 2 is 0.254 bits per heavy atom. The molecule has 0 bridgehead atoms. The number of hydrogen-bond acceptors (Lipinski definition) is 2. The van der Waals surface area contributed by atoms with E-state index in [0.29, 0.717) is 0 Å². The van der Waals surface area contributed by atoms with E-state index in [-0.39, 0.29) is 0 Å². The van der Waals surface area contributed by atoms with Crippen molar-refractivity contribution in [1.29, 1.82) is 5.52 Å². The van der Waals surface area contributed by atoms with Crippen LogP contribution in [-0.2, 0) is 0 Å². The predicted molar refractivity (Wildman–Crippen MR) is 155 cm³/mol. The SMILES string of the molecule is [2H]N=N/N=N/N=N/N=N/N=N/N=N/N=N/N=N/N=N/N=N/N=N/N=N/N=N/N=N/N=N/N=N/N=N/N=N/N=N/N=N/N=N/N=N/N=N/N=N/N=N/N=N/N=N/N=N/N=N/N=N/N=N/N. The Morgan fingerprint density at radius 1 is 0.159 bits per heavy atom. The minimum absolute atomic E-state index is 2.50. The molecule has 0 radical (unpaired) electrons. The van der Waals surface area contributed by atoms with E-state index in [1.54, 1.807) is 0 Å². The molecule has 0 aromatic heterocycles. The van der Waals surface area contributed by atoms with E-state index in [9.17, 15) is 0 Å². The van der Waals surface area contributed by atoms with Crippen molar-refractivity contribution in [2.24, 2.45) is 324 Å². The molecule has 0 aromatic carbocycles. The van der Waals surface area contributed by atoms with Gasteiger partial charge in [0.15, 0.2) is 0 Å². The standard InChI is InChI=1S/H3N63/c1-3-5-7-9-11-13-15-17-19-21-23-25-27-29-31-33-35-37-39-41-43-45-47-49-51-53-55-57-59-61-63-62-60-58-56-54-52-50-48-46-44-42-40-38-36-34-32-30-28-26-24-22-20-18-16-14-12-10-8-6-4-2/h(H3,1,2,5,6,9,10,13,14,17,18,21,22,25,26,29,30,33,34,37,38,41,42,45,46,49,50,53,54,57,58,61,62)/i/hD. The van der Waals surface area contributed by atoms with Crippen molar-refractivity contribution in [3.05, 3.63) is 0 Å². The lowest BCUT2D eigenvalue weighted by Crippen LogP contribution is -1.70. The van der Waals surface area contributed by atoms with Gasteiger partial charge in [0, 0.05) is 235 Å². The van der Waals surface area contributed by atoms with E-state index in [1.807, 2.05) is 0 Å². The Balaban J connectivity index is 4.08. The first-order valence-electron chi connectivity index (χ1n) is 12.9. The fraction of sp³-hybridized carbons (Fsp3) is 0. The van der Waals surface area contributed by atoms with Gasteiger partial charge in [-0.1, -0.05) is 5.22 Å². The maximum Gasteiger partial charge on any atom is 0.216 e. The fourth-order valence-electron chi connectivity index (χ4n) is 1.06. The average Bonchev–Trinajstić information content (AvgIpc) is 3.31. The highest BCUT2D eigenvalue weighted by molar-refractivity contribution is 4.19. The van der Waals surface area contributed by atoms with E-state index in [0.717, 1.165) is 0 Å². The van der Waals surface area contributed by atoms with Gasteiger partial charge in [-0.25, -0.2) is 0 Å².